The van der Waals surface area contributed by atoms with Gasteiger partial charge in [0.05, 0.1) is 19.8 Å². The van der Waals surface area contributed by atoms with Crippen LogP contribution < -0.4 is 0 Å². The Bertz CT molecular complexity index is 243. The van der Waals surface area contributed by atoms with Gasteiger partial charge in [-0.15, -0.1) is 12.4 Å². The lowest BCUT2D eigenvalue weighted by Crippen LogP contribution is -2.35. The van der Waals surface area contributed by atoms with Gasteiger partial charge in [0.2, 0.25) is 0 Å². The highest BCUT2D eigenvalue weighted by Crippen LogP contribution is 2.09. The molecule has 0 heterocycles. The SMILES string of the molecule is CCCCCCCCCCN(CCO)CCCN(CCO)CCO.Cl. The van der Waals surface area contributed by atoms with Crippen LogP contribution >= 0.6 is 12.4 Å². The van der Waals surface area contributed by atoms with Crippen molar-refractivity contribution in [2.24, 2.45) is 0 Å². The van der Waals surface area contributed by atoms with Crippen LogP contribution in [0.25, 0.3) is 0 Å². The van der Waals surface area contributed by atoms with E-state index < -0.39 is 0 Å². The van der Waals surface area contributed by atoms with Crippen molar-refractivity contribution < 1.29 is 15.3 Å². The van der Waals surface area contributed by atoms with E-state index in [4.69, 9.17) is 10.2 Å². The lowest BCUT2D eigenvalue weighted by atomic mass is 10.1. The third kappa shape index (κ3) is 18.7. The molecule has 0 unspecified atom stereocenters. The molecule has 0 aliphatic rings. The van der Waals surface area contributed by atoms with Crippen molar-refractivity contribution in [1.82, 2.24) is 9.80 Å². The Labute approximate surface area is 161 Å². The Morgan fingerprint density at radius 1 is 0.480 bits per heavy atom. The third-order valence-electron chi connectivity index (χ3n) is 4.53. The van der Waals surface area contributed by atoms with Gasteiger partial charge in [0.15, 0.2) is 0 Å². The second-order valence-electron chi connectivity index (χ2n) is 6.68. The van der Waals surface area contributed by atoms with Crippen molar-refractivity contribution in [1.29, 1.82) is 0 Å². The Hall–Kier alpha value is 0.0900. The van der Waals surface area contributed by atoms with E-state index in [-0.39, 0.29) is 32.2 Å². The van der Waals surface area contributed by atoms with Crippen molar-refractivity contribution >= 4 is 12.4 Å². The van der Waals surface area contributed by atoms with E-state index in [1.807, 2.05) is 0 Å². The number of hydrogen-bond donors (Lipinski definition) is 3. The first-order valence-electron chi connectivity index (χ1n) is 10.1. The molecular weight excluding hydrogens is 340 g/mol. The van der Waals surface area contributed by atoms with Crippen LogP contribution in [0.1, 0.15) is 64.7 Å². The molecule has 0 amide bonds. The Morgan fingerprint density at radius 3 is 1.28 bits per heavy atom. The predicted octanol–water partition coefficient (Wildman–Crippen LogP) is 2.52. The minimum atomic E-state index is 0. The summed E-state index contributed by atoms with van der Waals surface area (Å²) in [6.45, 7) is 7.67. The maximum absolute atomic E-state index is 9.22. The maximum atomic E-state index is 9.22. The molecule has 3 N–H and O–H groups in total. The van der Waals surface area contributed by atoms with Gasteiger partial charge in [-0.2, -0.15) is 0 Å². The van der Waals surface area contributed by atoms with Gasteiger partial charge in [0, 0.05) is 19.6 Å². The molecule has 0 aromatic carbocycles. The first kappa shape index (κ1) is 27.3. The van der Waals surface area contributed by atoms with Crippen molar-refractivity contribution in [2.45, 2.75) is 64.7 Å². The molecule has 0 aliphatic carbocycles. The fourth-order valence-electron chi connectivity index (χ4n) is 3.08. The highest BCUT2D eigenvalue weighted by atomic mass is 35.5. The van der Waals surface area contributed by atoms with Crippen LogP contribution in [0.2, 0.25) is 0 Å². The van der Waals surface area contributed by atoms with Gasteiger partial charge >= 0.3 is 0 Å². The topological polar surface area (TPSA) is 67.2 Å². The summed E-state index contributed by atoms with van der Waals surface area (Å²) in [5.74, 6) is 0. The minimum Gasteiger partial charge on any atom is -0.395 e. The standard InChI is InChI=1S/C19H42N2O3.ClH/c1-2-3-4-5-6-7-8-9-11-20(14-17-22)12-10-13-21(15-18-23)16-19-24;/h22-24H,2-19H2,1H3;1H. The molecule has 0 bridgehead atoms. The van der Waals surface area contributed by atoms with Crippen molar-refractivity contribution in [3.63, 3.8) is 0 Å². The summed E-state index contributed by atoms with van der Waals surface area (Å²) in [7, 11) is 0. The first-order chi connectivity index (χ1) is 11.8. The van der Waals surface area contributed by atoms with Crippen LogP contribution in [0, 0.1) is 0 Å². The average molecular weight is 383 g/mol. The van der Waals surface area contributed by atoms with Crippen molar-refractivity contribution in [3.05, 3.63) is 0 Å². The van der Waals surface area contributed by atoms with E-state index in [1.165, 1.54) is 51.4 Å². The van der Waals surface area contributed by atoms with Gasteiger partial charge in [-0.1, -0.05) is 51.9 Å². The number of halogens is 1. The monoisotopic (exact) mass is 382 g/mol. The smallest absolute Gasteiger partial charge is 0.0558 e. The molecule has 0 aromatic rings. The van der Waals surface area contributed by atoms with Crippen LogP contribution in [-0.4, -0.2) is 84.2 Å². The second-order valence-corrected chi connectivity index (χ2v) is 6.68. The summed E-state index contributed by atoms with van der Waals surface area (Å²) in [6.07, 6.45) is 11.6. The van der Waals surface area contributed by atoms with Gasteiger partial charge in [-0.25, -0.2) is 0 Å². The van der Waals surface area contributed by atoms with Crippen molar-refractivity contribution in [3.8, 4) is 0 Å². The lowest BCUT2D eigenvalue weighted by molar-refractivity contribution is 0.147. The molecule has 154 valence electrons. The molecule has 0 fully saturated rings. The van der Waals surface area contributed by atoms with Gasteiger partial charge < -0.3 is 20.2 Å². The average Bonchev–Trinajstić information content (AvgIpc) is 2.57. The summed E-state index contributed by atoms with van der Waals surface area (Å²) >= 11 is 0. The molecule has 5 nitrogen and oxygen atoms in total. The van der Waals surface area contributed by atoms with Crippen LogP contribution in [0.15, 0.2) is 0 Å². The highest BCUT2D eigenvalue weighted by Gasteiger charge is 2.07. The molecule has 0 rings (SSSR count). The molecule has 6 heteroatoms. The molecule has 25 heavy (non-hydrogen) atoms. The quantitative estimate of drug-likeness (QED) is 0.299. The zero-order chi connectivity index (χ0) is 17.9. The van der Waals surface area contributed by atoms with Gasteiger partial charge in [-0.05, 0) is 32.5 Å². The normalized spacial score (nSPS) is 11.3. The molecule has 0 saturated heterocycles. The van der Waals surface area contributed by atoms with Gasteiger partial charge in [0.1, 0.15) is 0 Å². The third-order valence-corrected chi connectivity index (χ3v) is 4.53. The maximum Gasteiger partial charge on any atom is 0.0558 e. The minimum absolute atomic E-state index is 0. The summed E-state index contributed by atoms with van der Waals surface area (Å²) in [5, 5.41) is 27.3. The van der Waals surface area contributed by atoms with E-state index in [2.05, 4.69) is 16.7 Å². The summed E-state index contributed by atoms with van der Waals surface area (Å²) in [5.41, 5.74) is 0. The summed E-state index contributed by atoms with van der Waals surface area (Å²) in [4.78, 5) is 4.43. The lowest BCUT2D eigenvalue weighted by Gasteiger charge is -2.24. The number of unbranched alkanes of at least 4 members (excludes halogenated alkanes) is 7. The van der Waals surface area contributed by atoms with Crippen LogP contribution in [0.3, 0.4) is 0 Å². The molecular formula is C19H43ClN2O3. The first-order valence-corrected chi connectivity index (χ1v) is 10.1. The van der Waals surface area contributed by atoms with Gasteiger partial charge in [-0.3, -0.25) is 4.90 Å². The van der Waals surface area contributed by atoms with E-state index in [1.54, 1.807) is 0 Å². The van der Waals surface area contributed by atoms with E-state index >= 15 is 0 Å². The van der Waals surface area contributed by atoms with Crippen molar-refractivity contribution in [2.75, 3.05) is 59.1 Å². The molecule has 0 atom stereocenters. The van der Waals surface area contributed by atoms with Crippen LogP contribution in [0.4, 0.5) is 0 Å². The zero-order valence-corrected chi connectivity index (χ0v) is 17.2. The largest absolute Gasteiger partial charge is 0.395 e. The summed E-state index contributed by atoms with van der Waals surface area (Å²) < 4.78 is 0. The highest BCUT2D eigenvalue weighted by molar-refractivity contribution is 5.85. The Morgan fingerprint density at radius 2 is 0.840 bits per heavy atom. The number of aliphatic hydroxyl groups excluding tert-OH is 3. The number of rotatable bonds is 19. The van der Waals surface area contributed by atoms with Crippen LogP contribution in [-0.2, 0) is 0 Å². The Kier molecular flexibility index (Phi) is 24.2. The van der Waals surface area contributed by atoms with Gasteiger partial charge in [0.25, 0.3) is 0 Å². The molecule has 0 saturated carbocycles. The molecule has 0 aromatic heterocycles. The van der Waals surface area contributed by atoms with E-state index in [9.17, 15) is 5.11 Å². The number of hydrogen-bond acceptors (Lipinski definition) is 5. The number of nitrogens with zero attached hydrogens (tertiary/aromatic N) is 2. The molecule has 0 aliphatic heterocycles. The summed E-state index contributed by atoms with van der Waals surface area (Å²) in [6, 6.07) is 0. The molecule has 0 radical (unpaired) electrons. The fraction of sp³-hybridized carbons (Fsp3) is 1.00. The van der Waals surface area contributed by atoms with E-state index in [0.29, 0.717) is 13.1 Å². The fourth-order valence-corrected chi connectivity index (χ4v) is 3.08. The predicted molar refractivity (Wildman–Crippen MR) is 109 cm³/mol. The second kappa shape index (κ2) is 22.1. The Balaban J connectivity index is 0. The number of aliphatic hydroxyl groups is 3. The van der Waals surface area contributed by atoms with E-state index in [0.717, 1.165) is 32.6 Å². The zero-order valence-electron chi connectivity index (χ0n) is 16.4. The van der Waals surface area contributed by atoms with Crippen LogP contribution in [0.5, 0.6) is 0 Å². The molecule has 0 spiro atoms.